The molecule has 0 atom stereocenters. The van der Waals surface area contributed by atoms with Crippen LogP contribution in [0, 0.1) is 5.92 Å². The lowest BCUT2D eigenvalue weighted by atomic mass is 9.91. The summed E-state index contributed by atoms with van der Waals surface area (Å²) in [7, 11) is 1.27. The Balaban J connectivity index is 0.00000205. The molecular formula is C29H40ClF3N4O2. The predicted octanol–water partition coefficient (Wildman–Crippen LogP) is 7.46. The van der Waals surface area contributed by atoms with Crippen LogP contribution in [0.3, 0.4) is 0 Å². The van der Waals surface area contributed by atoms with Gasteiger partial charge in [-0.05, 0) is 80.5 Å². The van der Waals surface area contributed by atoms with Crippen molar-refractivity contribution in [1.82, 2.24) is 4.90 Å². The maximum Gasteiger partial charge on any atom is 0.418 e. The highest BCUT2D eigenvalue weighted by molar-refractivity contribution is 6.30. The minimum absolute atomic E-state index is 0.0172. The summed E-state index contributed by atoms with van der Waals surface area (Å²) >= 11 is 5.99. The van der Waals surface area contributed by atoms with Crippen molar-refractivity contribution in [1.29, 1.82) is 0 Å². The fourth-order valence-electron chi connectivity index (χ4n) is 5.19. The predicted molar refractivity (Wildman–Crippen MR) is 152 cm³/mol. The van der Waals surface area contributed by atoms with Gasteiger partial charge in [-0.15, -0.1) is 0 Å². The molecule has 0 aromatic heterocycles. The first-order valence-corrected chi connectivity index (χ1v) is 14.2. The number of nitrogens with zero attached hydrogens (tertiary/aromatic N) is 2. The van der Waals surface area contributed by atoms with Crippen molar-refractivity contribution in [3.05, 3.63) is 53.1 Å². The van der Waals surface area contributed by atoms with E-state index < -0.39 is 11.7 Å². The van der Waals surface area contributed by atoms with Crippen LogP contribution in [0.2, 0.25) is 5.02 Å². The molecule has 6 nitrogen and oxygen atoms in total. The van der Waals surface area contributed by atoms with Gasteiger partial charge in [0.15, 0.2) is 0 Å². The summed E-state index contributed by atoms with van der Waals surface area (Å²) in [6.07, 6.45) is 0.483. The number of anilines is 3. The topological polar surface area (TPSA) is 56.8 Å². The van der Waals surface area contributed by atoms with E-state index in [0.29, 0.717) is 44.0 Å². The number of hydrogen-bond acceptors (Lipinski definition) is 5. The van der Waals surface area contributed by atoms with Gasteiger partial charge in [0.05, 0.1) is 18.4 Å². The molecule has 0 unspecified atom stereocenters. The van der Waals surface area contributed by atoms with Crippen molar-refractivity contribution in [2.45, 2.75) is 64.6 Å². The second-order valence-electron chi connectivity index (χ2n) is 9.81. The van der Waals surface area contributed by atoms with Gasteiger partial charge in [0.2, 0.25) is 5.91 Å². The average Bonchev–Trinajstić information content (AvgIpc) is 2.94. The molecule has 0 bridgehead atoms. The van der Waals surface area contributed by atoms with Crippen LogP contribution in [0.5, 0.6) is 0 Å². The molecule has 0 aliphatic carbocycles. The standard InChI is InChI=1S/C27H34ClF3N4O2.C2H6/c1-37-33-25-8-5-22(18-24(25)27(29,30)31)32-21-12-16-35(17-13-21)26(36)9-2-19-10-14-34(15-11-19)23-6-3-20(28)4-7-23;1-2/h3-8,18-19,21,32-33H,2,9-17H2,1H3;1-2H3. The third-order valence-electron chi connectivity index (χ3n) is 7.33. The van der Waals surface area contributed by atoms with E-state index in [-0.39, 0.29) is 17.6 Å². The molecule has 2 heterocycles. The Bertz CT molecular complexity index is 1040. The minimum Gasteiger partial charge on any atom is -0.382 e. The van der Waals surface area contributed by atoms with Gasteiger partial charge < -0.3 is 15.1 Å². The summed E-state index contributed by atoms with van der Waals surface area (Å²) in [5, 5.41) is 3.95. The highest BCUT2D eigenvalue weighted by atomic mass is 35.5. The molecule has 0 radical (unpaired) electrons. The van der Waals surface area contributed by atoms with E-state index in [9.17, 15) is 18.0 Å². The number of alkyl halides is 3. The third kappa shape index (κ3) is 8.93. The number of rotatable bonds is 8. The van der Waals surface area contributed by atoms with E-state index in [4.69, 9.17) is 11.6 Å². The molecule has 2 fully saturated rings. The summed E-state index contributed by atoms with van der Waals surface area (Å²) in [6.45, 7) is 7.19. The second kappa shape index (κ2) is 14.7. The van der Waals surface area contributed by atoms with Crippen LogP contribution in [0.25, 0.3) is 0 Å². The van der Waals surface area contributed by atoms with Gasteiger partial charge in [-0.2, -0.15) is 13.2 Å². The summed E-state index contributed by atoms with van der Waals surface area (Å²) in [6, 6.07) is 12.0. The Hall–Kier alpha value is -2.65. The van der Waals surface area contributed by atoms with E-state index in [1.807, 2.05) is 43.0 Å². The fourth-order valence-corrected chi connectivity index (χ4v) is 5.32. The Morgan fingerprint density at radius 3 is 2.23 bits per heavy atom. The third-order valence-corrected chi connectivity index (χ3v) is 7.58. The molecule has 2 N–H and O–H groups in total. The van der Waals surface area contributed by atoms with Crippen molar-refractivity contribution in [3.8, 4) is 0 Å². The summed E-state index contributed by atoms with van der Waals surface area (Å²) < 4.78 is 40.2. The number of amides is 1. The van der Waals surface area contributed by atoms with Gasteiger partial charge in [0.1, 0.15) is 0 Å². The molecule has 2 aromatic rings. The van der Waals surface area contributed by atoms with E-state index >= 15 is 0 Å². The van der Waals surface area contributed by atoms with E-state index in [2.05, 4.69) is 20.5 Å². The largest absolute Gasteiger partial charge is 0.418 e. The van der Waals surface area contributed by atoms with Gasteiger partial charge in [-0.1, -0.05) is 25.4 Å². The van der Waals surface area contributed by atoms with Crippen LogP contribution in [0.1, 0.15) is 57.9 Å². The molecule has 0 saturated carbocycles. The quantitative estimate of drug-likeness (QED) is 0.324. The molecule has 4 rings (SSSR count). The van der Waals surface area contributed by atoms with Crippen LogP contribution < -0.4 is 15.7 Å². The zero-order valence-electron chi connectivity index (χ0n) is 23.0. The first-order chi connectivity index (χ1) is 18.7. The second-order valence-corrected chi connectivity index (χ2v) is 10.2. The number of nitrogens with one attached hydrogen (secondary N) is 2. The average molecular weight is 569 g/mol. The molecule has 2 saturated heterocycles. The summed E-state index contributed by atoms with van der Waals surface area (Å²) in [5.74, 6) is 0.720. The van der Waals surface area contributed by atoms with Crippen LogP contribution >= 0.6 is 11.6 Å². The maximum absolute atomic E-state index is 13.4. The Morgan fingerprint density at radius 2 is 1.64 bits per heavy atom. The highest BCUT2D eigenvalue weighted by Crippen LogP contribution is 2.37. The number of halogens is 4. The molecule has 39 heavy (non-hydrogen) atoms. The lowest BCUT2D eigenvalue weighted by Crippen LogP contribution is -2.42. The van der Waals surface area contributed by atoms with Crippen molar-refractivity contribution in [2.24, 2.45) is 5.92 Å². The van der Waals surface area contributed by atoms with E-state index in [0.717, 1.165) is 43.4 Å². The van der Waals surface area contributed by atoms with Gasteiger partial charge in [-0.25, -0.2) is 0 Å². The number of benzene rings is 2. The molecule has 10 heteroatoms. The lowest BCUT2D eigenvalue weighted by molar-refractivity contribution is -0.137. The molecule has 216 valence electrons. The van der Waals surface area contributed by atoms with Crippen molar-refractivity contribution < 1.29 is 22.8 Å². The molecule has 2 aliphatic heterocycles. The van der Waals surface area contributed by atoms with Gasteiger partial charge in [0.25, 0.3) is 0 Å². The Kier molecular flexibility index (Phi) is 11.6. The first-order valence-electron chi connectivity index (χ1n) is 13.8. The molecular weight excluding hydrogens is 529 g/mol. The maximum atomic E-state index is 13.4. The van der Waals surface area contributed by atoms with Crippen molar-refractivity contribution in [2.75, 3.05) is 49.0 Å². The lowest BCUT2D eigenvalue weighted by Gasteiger charge is -2.35. The number of hydrogen-bond donors (Lipinski definition) is 2. The SMILES string of the molecule is CC.CONc1ccc(NC2CCN(C(=O)CCC3CCN(c4ccc(Cl)cc4)CC3)CC2)cc1C(F)(F)F. The van der Waals surface area contributed by atoms with Crippen LogP contribution in [-0.4, -0.2) is 50.1 Å². The summed E-state index contributed by atoms with van der Waals surface area (Å²) in [5.41, 5.74) is 2.96. The number of likely N-dealkylation sites (tertiary alicyclic amines) is 1. The van der Waals surface area contributed by atoms with Gasteiger partial charge in [0, 0.05) is 55.0 Å². The van der Waals surface area contributed by atoms with Crippen LogP contribution in [0.15, 0.2) is 42.5 Å². The Morgan fingerprint density at radius 1 is 1.00 bits per heavy atom. The zero-order chi connectivity index (χ0) is 28.4. The smallest absolute Gasteiger partial charge is 0.382 e. The molecule has 2 aromatic carbocycles. The summed E-state index contributed by atoms with van der Waals surface area (Å²) in [4.78, 5) is 21.7. The van der Waals surface area contributed by atoms with E-state index in [1.165, 1.54) is 18.9 Å². The fraction of sp³-hybridized carbons (Fsp3) is 0.552. The monoisotopic (exact) mass is 568 g/mol. The number of carbonyl (C=O) groups excluding carboxylic acids is 1. The highest BCUT2D eigenvalue weighted by Gasteiger charge is 2.34. The normalized spacial score (nSPS) is 16.9. The van der Waals surface area contributed by atoms with E-state index in [1.54, 1.807) is 6.07 Å². The first kappa shape index (κ1) is 30.9. The van der Waals surface area contributed by atoms with Crippen LogP contribution in [0.4, 0.5) is 30.2 Å². The number of piperidine rings is 2. The zero-order valence-corrected chi connectivity index (χ0v) is 23.7. The molecule has 2 aliphatic rings. The van der Waals surface area contributed by atoms with Crippen molar-refractivity contribution in [3.63, 3.8) is 0 Å². The van der Waals surface area contributed by atoms with Gasteiger partial charge in [-0.3, -0.25) is 15.1 Å². The van der Waals surface area contributed by atoms with Gasteiger partial charge >= 0.3 is 6.18 Å². The Labute approximate surface area is 234 Å². The molecule has 1 amide bonds. The van der Waals surface area contributed by atoms with Crippen molar-refractivity contribution >= 4 is 34.6 Å². The number of carbonyl (C=O) groups is 1. The molecule has 0 spiro atoms. The minimum atomic E-state index is -4.50. The van der Waals surface area contributed by atoms with Crippen LogP contribution in [-0.2, 0) is 15.8 Å².